The first-order valence-electron chi connectivity index (χ1n) is 6.29. The lowest BCUT2D eigenvalue weighted by atomic mass is 10.2. The van der Waals surface area contributed by atoms with E-state index in [-0.39, 0.29) is 18.7 Å². The van der Waals surface area contributed by atoms with Crippen molar-refractivity contribution in [2.24, 2.45) is 0 Å². The molecule has 0 saturated carbocycles. The molecule has 0 bridgehead atoms. The molecule has 1 aromatic heterocycles. The molecule has 1 aromatic carbocycles. The summed E-state index contributed by atoms with van der Waals surface area (Å²) < 4.78 is 13.3. The fraction of sp³-hybridized carbons (Fsp3) is 0.267. The Morgan fingerprint density at radius 3 is 2.45 bits per heavy atom. The predicted molar refractivity (Wildman–Crippen MR) is 71.8 cm³/mol. The van der Waals surface area contributed by atoms with Crippen LogP contribution in [0.25, 0.3) is 0 Å². The number of ether oxygens (including phenoxy) is 2. The zero-order valence-electron chi connectivity index (χ0n) is 10.8. The van der Waals surface area contributed by atoms with Crippen molar-refractivity contribution in [3.05, 3.63) is 64.9 Å². The highest BCUT2D eigenvalue weighted by Crippen LogP contribution is 2.20. The van der Waals surface area contributed by atoms with E-state index in [0.29, 0.717) is 13.2 Å². The molecule has 3 nitrogen and oxygen atoms in total. The minimum atomic E-state index is -0.256. The SMILES string of the molecule is Clc1ccc(C[n+]2ccccc2C2OCCO2)cc1.[Cl-]. The van der Waals surface area contributed by atoms with Gasteiger partial charge in [-0.15, -0.1) is 0 Å². The molecule has 0 spiro atoms. The van der Waals surface area contributed by atoms with Crippen LogP contribution in [-0.2, 0) is 16.0 Å². The van der Waals surface area contributed by atoms with Crippen molar-refractivity contribution in [2.45, 2.75) is 12.8 Å². The molecule has 20 heavy (non-hydrogen) atoms. The van der Waals surface area contributed by atoms with E-state index in [9.17, 15) is 0 Å². The summed E-state index contributed by atoms with van der Waals surface area (Å²) in [5, 5.41) is 0.754. The fourth-order valence-corrected chi connectivity index (χ4v) is 2.29. The molecule has 1 aliphatic rings. The van der Waals surface area contributed by atoms with E-state index < -0.39 is 0 Å². The van der Waals surface area contributed by atoms with Gasteiger partial charge < -0.3 is 21.9 Å². The number of hydrogen-bond acceptors (Lipinski definition) is 2. The summed E-state index contributed by atoms with van der Waals surface area (Å²) in [7, 11) is 0. The van der Waals surface area contributed by atoms with E-state index in [4.69, 9.17) is 21.1 Å². The number of halogens is 2. The van der Waals surface area contributed by atoms with E-state index in [1.807, 2.05) is 48.7 Å². The lowest BCUT2D eigenvalue weighted by molar-refractivity contribution is -0.701. The van der Waals surface area contributed by atoms with Gasteiger partial charge in [0.1, 0.15) is 0 Å². The summed E-state index contributed by atoms with van der Waals surface area (Å²) in [6, 6.07) is 13.9. The third-order valence-electron chi connectivity index (χ3n) is 3.11. The second-order valence-electron chi connectivity index (χ2n) is 4.45. The third-order valence-corrected chi connectivity index (χ3v) is 3.36. The van der Waals surface area contributed by atoms with Gasteiger partial charge in [-0.25, -0.2) is 0 Å². The minimum Gasteiger partial charge on any atom is -1.00 e. The molecule has 0 amide bonds. The Morgan fingerprint density at radius 2 is 1.75 bits per heavy atom. The molecule has 0 unspecified atom stereocenters. The van der Waals surface area contributed by atoms with Gasteiger partial charge in [-0.05, 0) is 18.2 Å². The third kappa shape index (κ3) is 3.49. The summed E-state index contributed by atoms with van der Waals surface area (Å²) in [4.78, 5) is 0. The van der Waals surface area contributed by atoms with Crippen LogP contribution >= 0.6 is 11.6 Å². The van der Waals surface area contributed by atoms with Crippen molar-refractivity contribution in [1.29, 1.82) is 0 Å². The van der Waals surface area contributed by atoms with E-state index in [2.05, 4.69) is 4.57 Å². The van der Waals surface area contributed by atoms with Crippen LogP contribution in [0.4, 0.5) is 0 Å². The zero-order valence-corrected chi connectivity index (χ0v) is 12.3. The van der Waals surface area contributed by atoms with Gasteiger partial charge >= 0.3 is 0 Å². The van der Waals surface area contributed by atoms with E-state index >= 15 is 0 Å². The van der Waals surface area contributed by atoms with E-state index in [1.54, 1.807) is 0 Å². The molecular formula is C15H15Cl2NO2. The quantitative estimate of drug-likeness (QED) is 0.728. The summed E-state index contributed by atoms with van der Waals surface area (Å²) >= 11 is 5.90. The minimum absolute atomic E-state index is 0. The molecule has 0 atom stereocenters. The van der Waals surface area contributed by atoms with Gasteiger partial charge in [0.15, 0.2) is 12.7 Å². The van der Waals surface area contributed by atoms with Gasteiger partial charge in [-0.3, -0.25) is 0 Å². The lowest BCUT2D eigenvalue weighted by Gasteiger charge is -2.09. The van der Waals surface area contributed by atoms with Crippen molar-refractivity contribution >= 4 is 11.6 Å². The Balaban J connectivity index is 0.00000147. The lowest BCUT2D eigenvalue weighted by Crippen LogP contribution is -3.00. The van der Waals surface area contributed by atoms with Crippen LogP contribution in [0.1, 0.15) is 17.5 Å². The average Bonchev–Trinajstić information content (AvgIpc) is 2.96. The topological polar surface area (TPSA) is 22.3 Å². The maximum absolute atomic E-state index is 5.90. The fourth-order valence-electron chi connectivity index (χ4n) is 2.16. The molecule has 0 radical (unpaired) electrons. The molecule has 2 heterocycles. The standard InChI is InChI=1S/C15H15ClNO2.ClH/c16-13-6-4-12(5-7-13)11-17-8-2-1-3-14(17)15-18-9-10-19-15;/h1-8,15H,9-11H2;1H/q+1;/p-1. The first-order chi connectivity index (χ1) is 9.33. The van der Waals surface area contributed by atoms with Crippen LogP contribution in [0.2, 0.25) is 5.02 Å². The van der Waals surface area contributed by atoms with E-state index in [0.717, 1.165) is 17.3 Å². The average molecular weight is 312 g/mol. The molecule has 0 N–H and O–H groups in total. The molecule has 106 valence electrons. The zero-order chi connectivity index (χ0) is 13.1. The first-order valence-corrected chi connectivity index (χ1v) is 6.67. The van der Waals surface area contributed by atoms with Gasteiger partial charge in [-0.2, -0.15) is 4.57 Å². The summed E-state index contributed by atoms with van der Waals surface area (Å²) in [6.07, 6.45) is 1.78. The smallest absolute Gasteiger partial charge is 0.245 e. The monoisotopic (exact) mass is 311 g/mol. The highest BCUT2D eigenvalue weighted by Gasteiger charge is 2.26. The number of pyridine rings is 1. The highest BCUT2D eigenvalue weighted by atomic mass is 35.5. The van der Waals surface area contributed by atoms with Gasteiger partial charge in [-0.1, -0.05) is 23.7 Å². The van der Waals surface area contributed by atoms with Crippen molar-refractivity contribution in [3.63, 3.8) is 0 Å². The second-order valence-corrected chi connectivity index (χ2v) is 4.89. The van der Waals surface area contributed by atoms with Crippen molar-refractivity contribution in [1.82, 2.24) is 0 Å². The van der Waals surface area contributed by atoms with Crippen molar-refractivity contribution in [2.75, 3.05) is 13.2 Å². The van der Waals surface area contributed by atoms with Crippen LogP contribution in [0.15, 0.2) is 48.7 Å². The van der Waals surface area contributed by atoms with Crippen molar-refractivity contribution in [3.8, 4) is 0 Å². The van der Waals surface area contributed by atoms with Crippen LogP contribution in [0.5, 0.6) is 0 Å². The first kappa shape index (κ1) is 15.3. The number of nitrogens with zero attached hydrogens (tertiary/aromatic N) is 1. The van der Waals surface area contributed by atoms with Crippen molar-refractivity contribution < 1.29 is 26.4 Å². The van der Waals surface area contributed by atoms with Crippen LogP contribution in [-0.4, -0.2) is 13.2 Å². The molecule has 5 heteroatoms. The molecular weight excluding hydrogens is 297 g/mol. The molecule has 1 fully saturated rings. The second kappa shape index (κ2) is 7.04. The predicted octanol–water partition coefficient (Wildman–Crippen LogP) is -0.275. The van der Waals surface area contributed by atoms with Crippen LogP contribution in [0, 0.1) is 0 Å². The number of hydrogen-bond donors (Lipinski definition) is 0. The highest BCUT2D eigenvalue weighted by molar-refractivity contribution is 6.30. The van der Waals surface area contributed by atoms with Gasteiger partial charge in [0.2, 0.25) is 12.0 Å². The molecule has 1 aliphatic heterocycles. The number of rotatable bonds is 3. The van der Waals surface area contributed by atoms with E-state index in [1.165, 1.54) is 5.56 Å². The Hall–Kier alpha value is -1.13. The Bertz CT molecular complexity index is 554. The van der Waals surface area contributed by atoms with Crippen LogP contribution < -0.4 is 17.0 Å². The Labute approximate surface area is 129 Å². The molecule has 3 rings (SSSR count). The van der Waals surface area contributed by atoms with Gasteiger partial charge in [0, 0.05) is 22.7 Å². The number of aromatic nitrogens is 1. The van der Waals surface area contributed by atoms with Gasteiger partial charge in [0.05, 0.1) is 13.2 Å². The number of benzene rings is 1. The Morgan fingerprint density at radius 1 is 1.05 bits per heavy atom. The normalized spacial score (nSPS) is 15.1. The summed E-state index contributed by atoms with van der Waals surface area (Å²) in [5.41, 5.74) is 2.23. The molecule has 2 aromatic rings. The maximum Gasteiger partial charge on any atom is 0.245 e. The molecule has 1 saturated heterocycles. The van der Waals surface area contributed by atoms with Crippen LogP contribution in [0.3, 0.4) is 0 Å². The maximum atomic E-state index is 5.90. The van der Waals surface area contributed by atoms with Gasteiger partial charge in [0.25, 0.3) is 0 Å². The largest absolute Gasteiger partial charge is 1.00 e. The Kier molecular flexibility index (Phi) is 5.38. The molecule has 0 aliphatic carbocycles. The summed E-state index contributed by atoms with van der Waals surface area (Å²) in [6.45, 7) is 2.08. The summed E-state index contributed by atoms with van der Waals surface area (Å²) in [5.74, 6) is 0.